The summed E-state index contributed by atoms with van der Waals surface area (Å²) in [6.45, 7) is 3.52. The summed E-state index contributed by atoms with van der Waals surface area (Å²) in [4.78, 5) is 12.7. The van der Waals surface area contributed by atoms with Crippen molar-refractivity contribution in [3.05, 3.63) is 60.2 Å². The van der Waals surface area contributed by atoms with Gasteiger partial charge < -0.3 is 0 Å². The van der Waals surface area contributed by atoms with Crippen LogP contribution in [0.3, 0.4) is 0 Å². The van der Waals surface area contributed by atoms with Crippen LogP contribution in [-0.4, -0.2) is 49.5 Å². The number of benzene rings is 2. The molecule has 0 amide bonds. The van der Waals surface area contributed by atoms with Gasteiger partial charge in [-0.1, -0.05) is 54.6 Å². The SMILES string of the molecule is O=C(C[N+]12CCOC1OCC2)c1ccc(-c2ccccc2)cc1. The smallest absolute Gasteiger partial charge is 0.300 e. The van der Waals surface area contributed by atoms with Gasteiger partial charge in [0.2, 0.25) is 5.78 Å². The Morgan fingerprint density at radius 1 is 0.913 bits per heavy atom. The van der Waals surface area contributed by atoms with Gasteiger partial charge in [-0.05, 0) is 11.1 Å². The number of Topliss-reactive ketones (excluding diaryl/α,β-unsaturated/α-hetero) is 1. The molecule has 0 aromatic heterocycles. The summed E-state index contributed by atoms with van der Waals surface area (Å²) in [5.74, 6) is 0.158. The Morgan fingerprint density at radius 2 is 1.52 bits per heavy atom. The Kier molecular flexibility index (Phi) is 3.73. The van der Waals surface area contributed by atoms with Gasteiger partial charge in [0.25, 0.3) is 0 Å². The molecule has 0 bridgehead atoms. The number of carbonyl (C=O) groups is 1. The van der Waals surface area contributed by atoms with Crippen LogP contribution in [-0.2, 0) is 9.47 Å². The third-order valence-corrected chi connectivity index (χ3v) is 4.81. The minimum Gasteiger partial charge on any atom is -0.300 e. The van der Waals surface area contributed by atoms with E-state index in [0.29, 0.717) is 24.2 Å². The second-order valence-corrected chi connectivity index (χ2v) is 6.24. The van der Waals surface area contributed by atoms with E-state index in [1.165, 1.54) is 0 Å². The fraction of sp³-hybridized carbons (Fsp3) is 0.316. The molecule has 0 saturated carbocycles. The molecule has 0 atom stereocenters. The maximum Gasteiger partial charge on any atom is 0.309 e. The van der Waals surface area contributed by atoms with Crippen LogP contribution >= 0.6 is 0 Å². The highest BCUT2D eigenvalue weighted by Crippen LogP contribution is 2.28. The van der Waals surface area contributed by atoms with E-state index in [0.717, 1.165) is 29.8 Å². The molecule has 2 aromatic rings. The van der Waals surface area contributed by atoms with Crippen molar-refractivity contribution in [3.63, 3.8) is 0 Å². The normalized spacial score (nSPS) is 26.2. The van der Waals surface area contributed by atoms with E-state index in [2.05, 4.69) is 12.1 Å². The summed E-state index contributed by atoms with van der Waals surface area (Å²) in [6, 6.07) is 18.1. The number of ketones is 1. The number of hydrogen-bond donors (Lipinski definition) is 0. The third kappa shape index (κ3) is 2.70. The topological polar surface area (TPSA) is 35.5 Å². The van der Waals surface area contributed by atoms with E-state index < -0.39 is 0 Å². The lowest BCUT2D eigenvalue weighted by atomic mass is 10.0. The van der Waals surface area contributed by atoms with E-state index >= 15 is 0 Å². The van der Waals surface area contributed by atoms with Gasteiger partial charge in [-0.15, -0.1) is 0 Å². The molecule has 23 heavy (non-hydrogen) atoms. The Hall–Kier alpha value is -2.01. The van der Waals surface area contributed by atoms with E-state index in [9.17, 15) is 4.79 Å². The molecule has 2 heterocycles. The van der Waals surface area contributed by atoms with Gasteiger partial charge in [0.1, 0.15) is 32.8 Å². The average Bonchev–Trinajstić information content (AvgIpc) is 3.15. The summed E-state index contributed by atoms with van der Waals surface area (Å²) < 4.78 is 11.8. The van der Waals surface area contributed by atoms with Crippen LogP contribution < -0.4 is 0 Å². The van der Waals surface area contributed by atoms with E-state index in [4.69, 9.17) is 9.47 Å². The van der Waals surface area contributed by atoms with Gasteiger partial charge >= 0.3 is 6.41 Å². The molecule has 2 aromatic carbocycles. The lowest BCUT2D eigenvalue weighted by molar-refractivity contribution is -0.942. The van der Waals surface area contributed by atoms with Gasteiger partial charge in [0.15, 0.2) is 0 Å². The molecular formula is C19H20NO3+. The molecule has 2 saturated heterocycles. The average molecular weight is 310 g/mol. The maximum atomic E-state index is 12.7. The number of fused-ring (bicyclic) bond motifs is 1. The summed E-state index contributed by atoms with van der Waals surface area (Å²) in [5, 5.41) is 0. The fourth-order valence-corrected chi connectivity index (χ4v) is 3.45. The van der Waals surface area contributed by atoms with E-state index in [1.807, 2.05) is 42.5 Å². The zero-order valence-electron chi connectivity index (χ0n) is 13.0. The van der Waals surface area contributed by atoms with Crippen LogP contribution in [0.4, 0.5) is 0 Å². The lowest BCUT2D eigenvalue weighted by Crippen LogP contribution is -2.51. The molecule has 4 heteroatoms. The predicted octanol–water partition coefficient (Wildman–Crippen LogP) is 2.70. The van der Waals surface area contributed by atoms with Crippen molar-refractivity contribution >= 4 is 5.78 Å². The van der Waals surface area contributed by atoms with Crippen molar-refractivity contribution in [2.45, 2.75) is 6.41 Å². The molecule has 0 N–H and O–H groups in total. The predicted molar refractivity (Wildman–Crippen MR) is 86.8 cm³/mol. The van der Waals surface area contributed by atoms with Crippen LogP contribution in [0, 0.1) is 0 Å². The van der Waals surface area contributed by atoms with Crippen LogP contribution in [0.15, 0.2) is 54.6 Å². The number of nitrogens with zero attached hydrogens (tertiary/aromatic N) is 1. The summed E-state index contributed by atoms with van der Waals surface area (Å²) in [6.07, 6.45) is -0.248. The molecule has 0 spiro atoms. The lowest BCUT2D eigenvalue weighted by Gasteiger charge is -2.29. The summed E-state index contributed by atoms with van der Waals surface area (Å²) in [7, 11) is 0. The van der Waals surface area contributed by atoms with Crippen molar-refractivity contribution in [1.82, 2.24) is 0 Å². The maximum absolute atomic E-state index is 12.7. The quantitative estimate of drug-likeness (QED) is 0.643. The molecule has 2 aliphatic heterocycles. The molecule has 2 fully saturated rings. The first-order chi connectivity index (χ1) is 11.3. The van der Waals surface area contributed by atoms with Gasteiger partial charge in [0, 0.05) is 5.56 Å². The first-order valence-corrected chi connectivity index (χ1v) is 8.05. The van der Waals surface area contributed by atoms with E-state index in [-0.39, 0.29) is 12.2 Å². The molecule has 2 aliphatic rings. The largest absolute Gasteiger partial charge is 0.309 e. The highest BCUT2D eigenvalue weighted by atomic mass is 16.7. The Morgan fingerprint density at radius 3 is 2.17 bits per heavy atom. The number of hydrogen-bond acceptors (Lipinski definition) is 3. The minimum absolute atomic E-state index is 0.158. The zero-order chi connectivity index (χ0) is 15.7. The molecular weight excluding hydrogens is 290 g/mol. The van der Waals surface area contributed by atoms with Crippen LogP contribution in [0.1, 0.15) is 10.4 Å². The molecule has 118 valence electrons. The highest BCUT2D eigenvalue weighted by Gasteiger charge is 2.49. The molecule has 0 unspecified atom stereocenters. The standard InChI is InChI=1S/C19H20NO3/c21-18(14-20-10-12-22-19(20)23-13-11-20)17-8-6-16(7-9-17)15-4-2-1-3-5-15/h1-9,19H,10-14H2/q+1. The van der Waals surface area contributed by atoms with Gasteiger partial charge in [0.05, 0.1) is 0 Å². The van der Waals surface area contributed by atoms with Gasteiger partial charge in [-0.2, -0.15) is 0 Å². The first-order valence-electron chi connectivity index (χ1n) is 8.05. The van der Waals surface area contributed by atoms with Crippen molar-refractivity contribution < 1.29 is 18.8 Å². The Balaban J connectivity index is 1.51. The Bertz CT molecular complexity index is 686. The van der Waals surface area contributed by atoms with Crippen molar-refractivity contribution in [3.8, 4) is 11.1 Å². The van der Waals surface area contributed by atoms with Crippen molar-refractivity contribution in [2.75, 3.05) is 32.8 Å². The third-order valence-electron chi connectivity index (χ3n) is 4.81. The Labute approximate surface area is 135 Å². The zero-order valence-corrected chi connectivity index (χ0v) is 13.0. The first kappa shape index (κ1) is 14.6. The molecule has 0 radical (unpaired) electrons. The van der Waals surface area contributed by atoms with Gasteiger partial charge in [-0.3, -0.25) is 18.8 Å². The number of rotatable bonds is 4. The molecule has 4 rings (SSSR count). The van der Waals surface area contributed by atoms with Gasteiger partial charge in [-0.25, -0.2) is 0 Å². The van der Waals surface area contributed by atoms with Crippen molar-refractivity contribution in [1.29, 1.82) is 0 Å². The number of quaternary nitrogens is 1. The van der Waals surface area contributed by atoms with Crippen LogP contribution in [0.5, 0.6) is 0 Å². The number of ether oxygens (including phenoxy) is 2. The fourth-order valence-electron chi connectivity index (χ4n) is 3.45. The monoisotopic (exact) mass is 310 g/mol. The van der Waals surface area contributed by atoms with Crippen molar-refractivity contribution in [2.24, 2.45) is 0 Å². The second kappa shape index (κ2) is 5.89. The summed E-state index contributed by atoms with van der Waals surface area (Å²) in [5.41, 5.74) is 3.05. The molecule has 4 nitrogen and oxygen atoms in total. The van der Waals surface area contributed by atoms with Crippen LogP contribution in [0.2, 0.25) is 0 Å². The summed E-state index contributed by atoms with van der Waals surface area (Å²) >= 11 is 0. The molecule has 0 aliphatic carbocycles. The number of carbonyl (C=O) groups excluding carboxylic acids is 1. The van der Waals surface area contributed by atoms with E-state index in [1.54, 1.807) is 0 Å². The second-order valence-electron chi connectivity index (χ2n) is 6.24. The minimum atomic E-state index is -0.248. The van der Waals surface area contributed by atoms with Crippen LogP contribution in [0.25, 0.3) is 11.1 Å². The highest BCUT2D eigenvalue weighted by molar-refractivity contribution is 5.97.